The Morgan fingerprint density at radius 1 is 1.31 bits per heavy atom. The van der Waals surface area contributed by atoms with Crippen LogP contribution in [-0.2, 0) is 0 Å². The molecule has 16 heavy (non-hydrogen) atoms. The third kappa shape index (κ3) is 4.42. The van der Waals surface area contributed by atoms with Crippen molar-refractivity contribution in [2.24, 2.45) is 17.1 Å². The fourth-order valence-corrected chi connectivity index (χ4v) is 2.45. The summed E-state index contributed by atoms with van der Waals surface area (Å²) in [7, 11) is 0. The molecule has 2 nitrogen and oxygen atoms in total. The van der Waals surface area contributed by atoms with Gasteiger partial charge in [-0.3, -0.25) is 0 Å². The number of hydrogen-bond donors (Lipinski definition) is 1. The van der Waals surface area contributed by atoms with Gasteiger partial charge in [-0.05, 0) is 63.2 Å². The predicted molar refractivity (Wildman–Crippen MR) is 71.5 cm³/mol. The summed E-state index contributed by atoms with van der Waals surface area (Å²) >= 11 is 0. The first-order chi connectivity index (χ1) is 7.59. The Labute approximate surface area is 102 Å². The number of likely N-dealkylation sites (tertiary alicyclic amines) is 1. The lowest BCUT2D eigenvalue weighted by Crippen LogP contribution is -2.38. The van der Waals surface area contributed by atoms with E-state index in [9.17, 15) is 0 Å². The lowest BCUT2D eigenvalue weighted by atomic mass is 9.78. The standard InChI is InChI=1S/C14H30N2/c1-4-14(3)7-10-16(11-8-14)9-5-6-13(2)12-15/h13H,4-12,15H2,1-3H3. The summed E-state index contributed by atoms with van der Waals surface area (Å²) in [4.78, 5) is 2.64. The lowest BCUT2D eigenvalue weighted by Gasteiger charge is -2.39. The number of rotatable bonds is 6. The molecule has 1 saturated heterocycles. The van der Waals surface area contributed by atoms with Crippen LogP contribution in [0.2, 0.25) is 0 Å². The second kappa shape index (κ2) is 6.61. The molecule has 0 bridgehead atoms. The first-order valence-electron chi connectivity index (χ1n) is 7.02. The van der Waals surface area contributed by atoms with Crippen molar-refractivity contribution in [3.05, 3.63) is 0 Å². The molecule has 0 aromatic heterocycles. The third-order valence-corrected chi connectivity index (χ3v) is 4.49. The average Bonchev–Trinajstić information content (AvgIpc) is 2.31. The van der Waals surface area contributed by atoms with Crippen LogP contribution >= 0.6 is 0 Å². The molecule has 0 radical (unpaired) electrons. The third-order valence-electron chi connectivity index (χ3n) is 4.49. The van der Waals surface area contributed by atoms with Gasteiger partial charge in [0, 0.05) is 0 Å². The second-order valence-corrected chi connectivity index (χ2v) is 5.99. The largest absolute Gasteiger partial charge is 0.330 e. The molecule has 0 spiro atoms. The Hall–Kier alpha value is -0.0800. The SMILES string of the molecule is CCC1(C)CCN(CCCC(C)CN)CC1. The smallest absolute Gasteiger partial charge is 0.00135 e. The fraction of sp³-hybridized carbons (Fsp3) is 1.00. The minimum atomic E-state index is 0.626. The maximum atomic E-state index is 5.63. The summed E-state index contributed by atoms with van der Waals surface area (Å²) in [5.41, 5.74) is 6.26. The molecule has 0 aliphatic carbocycles. The molecular weight excluding hydrogens is 196 g/mol. The Morgan fingerprint density at radius 2 is 1.94 bits per heavy atom. The summed E-state index contributed by atoms with van der Waals surface area (Å²) in [6, 6.07) is 0. The van der Waals surface area contributed by atoms with Gasteiger partial charge in [0.05, 0.1) is 0 Å². The van der Waals surface area contributed by atoms with Gasteiger partial charge in [0.1, 0.15) is 0 Å². The number of nitrogens with two attached hydrogens (primary N) is 1. The molecule has 2 heteroatoms. The van der Waals surface area contributed by atoms with E-state index in [1.54, 1.807) is 0 Å². The van der Waals surface area contributed by atoms with Gasteiger partial charge in [-0.2, -0.15) is 0 Å². The van der Waals surface area contributed by atoms with Crippen molar-refractivity contribution in [1.29, 1.82) is 0 Å². The molecule has 1 aliphatic heterocycles. The Bertz CT molecular complexity index is 183. The highest BCUT2D eigenvalue weighted by molar-refractivity contribution is 4.81. The summed E-state index contributed by atoms with van der Waals surface area (Å²) in [5.74, 6) is 0.700. The average molecular weight is 226 g/mol. The first kappa shape index (κ1) is 14.0. The second-order valence-electron chi connectivity index (χ2n) is 5.99. The van der Waals surface area contributed by atoms with Crippen LogP contribution in [0.3, 0.4) is 0 Å². The van der Waals surface area contributed by atoms with Crippen molar-refractivity contribution in [3.63, 3.8) is 0 Å². The molecule has 1 atom stereocenters. The van der Waals surface area contributed by atoms with Crippen LogP contribution in [0.5, 0.6) is 0 Å². The van der Waals surface area contributed by atoms with Gasteiger partial charge in [0.25, 0.3) is 0 Å². The van der Waals surface area contributed by atoms with Gasteiger partial charge in [0.2, 0.25) is 0 Å². The van der Waals surface area contributed by atoms with E-state index in [1.165, 1.54) is 51.7 Å². The topological polar surface area (TPSA) is 29.3 Å². The van der Waals surface area contributed by atoms with Crippen LogP contribution in [0.1, 0.15) is 52.9 Å². The molecule has 1 rings (SSSR count). The molecule has 1 unspecified atom stereocenters. The van der Waals surface area contributed by atoms with Crippen LogP contribution < -0.4 is 5.73 Å². The van der Waals surface area contributed by atoms with E-state index in [1.807, 2.05) is 0 Å². The fourth-order valence-electron chi connectivity index (χ4n) is 2.45. The minimum absolute atomic E-state index is 0.626. The zero-order chi connectivity index (χ0) is 12.0. The van der Waals surface area contributed by atoms with Gasteiger partial charge >= 0.3 is 0 Å². The van der Waals surface area contributed by atoms with Crippen molar-refractivity contribution in [1.82, 2.24) is 4.90 Å². The van der Waals surface area contributed by atoms with E-state index in [4.69, 9.17) is 5.73 Å². The van der Waals surface area contributed by atoms with Crippen molar-refractivity contribution in [3.8, 4) is 0 Å². The van der Waals surface area contributed by atoms with E-state index in [0.717, 1.165) is 6.54 Å². The molecule has 1 aliphatic rings. The zero-order valence-electron chi connectivity index (χ0n) is 11.5. The van der Waals surface area contributed by atoms with Gasteiger partial charge in [-0.25, -0.2) is 0 Å². The highest BCUT2D eigenvalue weighted by atomic mass is 15.1. The quantitative estimate of drug-likeness (QED) is 0.754. The predicted octanol–water partition coefficient (Wildman–Crippen LogP) is 2.87. The highest BCUT2D eigenvalue weighted by Crippen LogP contribution is 2.33. The van der Waals surface area contributed by atoms with Gasteiger partial charge < -0.3 is 10.6 Å². The number of hydrogen-bond acceptors (Lipinski definition) is 2. The van der Waals surface area contributed by atoms with Crippen LogP contribution in [-0.4, -0.2) is 31.1 Å². The maximum Gasteiger partial charge on any atom is -0.00135 e. The van der Waals surface area contributed by atoms with Crippen molar-refractivity contribution in [2.45, 2.75) is 52.9 Å². The monoisotopic (exact) mass is 226 g/mol. The van der Waals surface area contributed by atoms with E-state index < -0.39 is 0 Å². The zero-order valence-corrected chi connectivity index (χ0v) is 11.5. The molecule has 0 aromatic rings. The molecule has 0 saturated carbocycles. The van der Waals surface area contributed by atoms with Gasteiger partial charge in [-0.15, -0.1) is 0 Å². The summed E-state index contributed by atoms with van der Waals surface area (Å²) in [5, 5.41) is 0. The Morgan fingerprint density at radius 3 is 2.44 bits per heavy atom. The lowest BCUT2D eigenvalue weighted by molar-refractivity contribution is 0.112. The minimum Gasteiger partial charge on any atom is -0.330 e. The Kier molecular flexibility index (Phi) is 5.77. The molecule has 2 N–H and O–H groups in total. The van der Waals surface area contributed by atoms with Crippen LogP contribution in [0, 0.1) is 11.3 Å². The maximum absolute atomic E-state index is 5.63. The normalized spacial score (nSPS) is 23.2. The van der Waals surface area contributed by atoms with E-state index in [-0.39, 0.29) is 0 Å². The molecular formula is C14H30N2. The molecule has 0 aromatic carbocycles. The van der Waals surface area contributed by atoms with Gasteiger partial charge in [0.15, 0.2) is 0 Å². The highest BCUT2D eigenvalue weighted by Gasteiger charge is 2.27. The van der Waals surface area contributed by atoms with Gasteiger partial charge in [-0.1, -0.05) is 27.2 Å². The van der Waals surface area contributed by atoms with Crippen molar-refractivity contribution < 1.29 is 0 Å². The molecule has 1 fully saturated rings. The first-order valence-corrected chi connectivity index (χ1v) is 7.02. The van der Waals surface area contributed by atoms with E-state index >= 15 is 0 Å². The molecule has 1 heterocycles. The summed E-state index contributed by atoms with van der Waals surface area (Å²) in [6.45, 7) is 11.8. The molecule has 0 amide bonds. The van der Waals surface area contributed by atoms with E-state index in [0.29, 0.717) is 11.3 Å². The number of nitrogens with zero attached hydrogens (tertiary/aromatic N) is 1. The van der Waals surface area contributed by atoms with Crippen LogP contribution in [0.15, 0.2) is 0 Å². The summed E-state index contributed by atoms with van der Waals surface area (Å²) in [6.07, 6.45) is 6.72. The Balaban J connectivity index is 2.13. The van der Waals surface area contributed by atoms with Crippen molar-refractivity contribution >= 4 is 0 Å². The van der Waals surface area contributed by atoms with E-state index in [2.05, 4.69) is 25.7 Å². The summed E-state index contributed by atoms with van der Waals surface area (Å²) < 4.78 is 0. The number of piperidine rings is 1. The van der Waals surface area contributed by atoms with Crippen LogP contribution in [0.25, 0.3) is 0 Å². The van der Waals surface area contributed by atoms with Crippen molar-refractivity contribution in [2.75, 3.05) is 26.2 Å². The molecule has 96 valence electrons. The van der Waals surface area contributed by atoms with Crippen LogP contribution in [0.4, 0.5) is 0 Å².